The monoisotopic (exact) mass is 309 g/mol. The molecule has 0 radical (unpaired) electrons. The Morgan fingerprint density at radius 3 is 2.60 bits per heavy atom. The number of alkyl halides is 3. The highest BCUT2D eigenvalue weighted by Crippen LogP contribution is 2.34. The Hall–Kier alpha value is -0.930. The minimum Gasteiger partial charge on any atom is -0.345 e. The van der Waals surface area contributed by atoms with E-state index in [1.54, 1.807) is 0 Å². The summed E-state index contributed by atoms with van der Waals surface area (Å²) in [6.07, 6.45) is -2.56. The number of halogens is 3. The lowest BCUT2D eigenvalue weighted by atomic mass is 10.3. The summed E-state index contributed by atoms with van der Waals surface area (Å²) in [5.74, 6) is 0. The average Bonchev–Trinajstić information content (AvgIpc) is 2.77. The van der Waals surface area contributed by atoms with Crippen molar-refractivity contribution in [2.24, 2.45) is 5.73 Å². The van der Waals surface area contributed by atoms with Gasteiger partial charge in [-0.2, -0.15) is 13.2 Å². The molecule has 0 unspecified atom stereocenters. The van der Waals surface area contributed by atoms with Crippen molar-refractivity contribution in [2.45, 2.75) is 19.0 Å². The molecule has 2 heterocycles. The summed E-state index contributed by atoms with van der Waals surface area (Å²) >= 11 is 0.615. The summed E-state index contributed by atoms with van der Waals surface area (Å²) in [6, 6.07) is 0. The van der Waals surface area contributed by atoms with Gasteiger partial charge >= 0.3 is 6.18 Å². The molecule has 0 spiro atoms. The lowest BCUT2D eigenvalue weighted by Gasteiger charge is -2.20. The molecule has 0 atom stereocenters. The van der Waals surface area contributed by atoms with Crippen LogP contribution >= 0.6 is 11.3 Å². The van der Waals surface area contributed by atoms with Gasteiger partial charge in [-0.15, -0.1) is 10.2 Å². The van der Waals surface area contributed by atoms with Crippen molar-refractivity contribution in [3.63, 3.8) is 0 Å². The van der Waals surface area contributed by atoms with Gasteiger partial charge in [0, 0.05) is 19.6 Å². The third-order valence-electron chi connectivity index (χ3n) is 3.19. The number of anilines is 1. The normalized spacial score (nSPS) is 18.3. The zero-order chi connectivity index (χ0) is 14.6. The number of hydrogen-bond acceptors (Lipinski definition) is 6. The predicted molar refractivity (Wildman–Crippen MR) is 71.9 cm³/mol. The van der Waals surface area contributed by atoms with Gasteiger partial charge in [0.25, 0.3) is 0 Å². The SMILES string of the molecule is NCCCN1CCCN(c2nnc(C(F)(F)F)s2)CC1. The fourth-order valence-electron chi connectivity index (χ4n) is 2.16. The van der Waals surface area contributed by atoms with E-state index < -0.39 is 11.2 Å². The zero-order valence-corrected chi connectivity index (χ0v) is 11.9. The van der Waals surface area contributed by atoms with E-state index in [4.69, 9.17) is 5.73 Å². The Morgan fingerprint density at radius 2 is 1.95 bits per heavy atom. The molecule has 1 aliphatic rings. The molecule has 0 amide bonds. The fraction of sp³-hybridized carbons (Fsp3) is 0.818. The van der Waals surface area contributed by atoms with Gasteiger partial charge in [0.05, 0.1) is 0 Å². The minimum absolute atomic E-state index is 0.359. The van der Waals surface area contributed by atoms with Gasteiger partial charge in [0.2, 0.25) is 10.1 Å². The zero-order valence-electron chi connectivity index (χ0n) is 11.1. The quantitative estimate of drug-likeness (QED) is 0.911. The molecule has 20 heavy (non-hydrogen) atoms. The predicted octanol–water partition coefficient (Wildman–Crippen LogP) is 1.42. The van der Waals surface area contributed by atoms with E-state index in [9.17, 15) is 13.2 Å². The molecule has 0 bridgehead atoms. The van der Waals surface area contributed by atoms with Crippen LogP contribution in [0, 0.1) is 0 Å². The van der Waals surface area contributed by atoms with Crippen molar-refractivity contribution < 1.29 is 13.2 Å². The molecule has 1 fully saturated rings. The molecule has 5 nitrogen and oxygen atoms in total. The number of nitrogens with zero attached hydrogens (tertiary/aromatic N) is 4. The largest absolute Gasteiger partial charge is 0.445 e. The van der Waals surface area contributed by atoms with Crippen LogP contribution in [-0.2, 0) is 6.18 Å². The van der Waals surface area contributed by atoms with Crippen LogP contribution < -0.4 is 10.6 Å². The van der Waals surface area contributed by atoms with Crippen LogP contribution in [0.15, 0.2) is 0 Å². The second-order valence-corrected chi connectivity index (χ2v) is 5.67. The summed E-state index contributed by atoms with van der Waals surface area (Å²) in [4.78, 5) is 4.17. The second kappa shape index (κ2) is 6.68. The molecule has 1 saturated heterocycles. The first-order chi connectivity index (χ1) is 9.50. The van der Waals surface area contributed by atoms with E-state index in [2.05, 4.69) is 15.1 Å². The molecule has 1 aromatic heterocycles. The average molecular weight is 309 g/mol. The third-order valence-corrected chi connectivity index (χ3v) is 4.22. The maximum Gasteiger partial charge on any atom is 0.445 e. The smallest absolute Gasteiger partial charge is 0.345 e. The Labute approximate surface area is 119 Å². The van der Waals surface area contributed by atoms with Crippen LogP contribution in [-0.4, -0.2) is 54.4 Å². The van der Waals surface area contributed by atoms with Crippen LogP contribution in [0.3, 0.4) is 0 Å². The summed E-state index contributed by atoms with van der Waals surface area (Å²) in [7, 11) is 0. The maximum absolute atomic E-state index is 12.5. The molecule has 2 rings (SSSR count). The van der Waals surface area contributed by atoms with E-state index in [-0.39, 0.29) is 0 Å². The van der Waals surface area contributed by atoms with Gasteiger partial charge in [0.1, 0.15) is 0 Å². The molecular formula is C11H18F3N5S. The summed E-state index contributed by atoms with van der Waals surface area (Å²) in [6.45, 7) is 4.75. The minimum atomic E-state index is -4.41. The molecule has 1 aromatic rings. The summed E-state index contributed by atoms with van der Waals surface area (Å²) < 4.78 is 37.6. The van der Waals surface area contributed by atoms with E-state index in [1.165, 1.54) is 0 Å². The number of rotatable bonds is 4. The van der Waals surface area contributed by atoms with Crippen molar-refractivity contribution in [1.82, 2.24) is 15.1 Å². The Bertz CT molecular complexity index is 422. The first-order valence-corrected chi connectivity index (χ1v) is 7.40. The number of nitrogens with two attached hydrogens (primary N) is 1. The van der Waals surface area contributed by atoms with Crippen molar-refractivity contribution in [1.29, 1.82) is 0 Å². The fourth-order valence-corrected chi connectivity index (χ4v) is 2.92. The van der Waals surface area contributed by atoms with Crippen molar-refractivity contribution in [3.8, 4) is 0 Å². The molecule has 0 saturated carbocycles. The van der Waals surface area contributed by atoms with Crippen LogP contribution in [0.4, 0.5) is 18.3 Å². The Kier molecular flexibility index (Phi) is 5.17. The van der Waals surface area contributed by atoms with Crippen molar-refractivity contribution in [3.05, 3.63) is 5.01 Å². The van der Waals surface area contributed by atoms with Gasteiger partial charge in [0.15, 0.2) is 0 Å². The highest BCUT2D eigenvalue weighted by Gasteiger charge is 2.36. The topological polar surface area (TPSA) is 58.3 Å². The van der Waals surface area contributed by atoms with Gasteiger partial charge in [-0.3, -0.25) is 0 Å². The van der Waals surface area contributed by atoms with Gasteiger partial charge in [-0.25, -0.2) is 0 Å². The number of aromatic nitrogens is 2. The van der Waals surface area contributed by atoms with E-state index in [1.807, 2.05) is 4.90 Å². The first-order valence-electron chi connectivity index (χ1n) is 6.59. The maximum atomic E-state index is 12.5. The molecule has 0 aromatic carbocycles. The molecule has 0 aliphatic carbocycles. The van der Waals surface area contributed by atoms with Gasteiger partial charge in [-0.1, -0.05) is 11.3 Å². The van der Waals surface area contributed by atoms with Gasteiger partial charge in [-0.05, 0) is 32.5 Å². The molecule has 2 N–H and O–H groups in total. The van der Waals surface area contributed by atoms with Crippen LogP contribution in [0.5, 0.6) is 0 Å². The van der Waals surface area contributed by atoms with E-state index in [0.29, 0.717) is 36.1 Å². The van der Waals surface area contributed by atoms with E-state index >= 15 is 0 Å². The van der Waals surface area contributed by atoms with Crippen molar-refractivity contribution >= 4 is 16.5 Å². The lowest BCUT2D eigenvalue weighted by Crippen LogP contribution is -2.32. The van der Waals surface area contributed by atoms with Crippen LogP contribution in [0.2, 0.25) is 0 Å². The molecule has 114 valence electrons. The summed E-state index contributed by atoms with van der Waals surface area (Å²) in [5, 5.41) is 6.39. The Morgan fingerprint density at radius 1 is 1.15 bits per heavy atom. The Balaban J connectivity index is 1.95. The van der Waals surface area contributed by atoms with Crippen LogP contribution in [0.1, 0.15) is 17.8 Å². The number of hydrogen-bond donors (Lipinski definition) is 1. The molecule has 9 heteroatoms. The molecule has 1 aliphatic heterocycles. The highest BCUT2D eigenvalue weighted by atomic mass is 32.1. The molecular weight excluding hydrogens is 291 g/mol. The second-order valence-electron chi connectivity index (χ2n) is 4.71. The van der Waals surface area contributed by atoms with Gasteiger partial charge < -0.3 is 15.5 Å². The van der Waals surface area contributed by atoms with Crippen LogP contribution in [0.25, 0.3) is 0 Å². The lowest BCUT2D eigenvalue weighted by molar-refractivity contribution is -0.138. The first kappa shape index (κ1) is 15.5. The summed E-state index contributed by atoms with van der Waals surface area (Å²) in [5.41, 5.74) is 5.49. The third kappa shape index (κ3) is 4.03. The highest BCUT2D eigenvalue weighted by molar-refractivity contribution is 7.15. The standard InChI is InChI=1S/C11H18F3N5S/c12-11(13,14)9-16-17-10(20-9)19-6-2-5-18(7-8-19)4-1-3-15/h1-8,15H2. The van der Waals surface area contributed by atoms with E-state index in [0.717, 1.165) is 32.5 Å². The van der Waals surface area contributed by atoms with Crippen molar-refractivity contribution in [2.75, 3.05) is 44.2 Å².